The quantitative estimate of drug-likeness (QED) is 0.419. The van der Waals surface area contributed by atoms with Crippen LogP contribution in [0.25, 0.3) is 10.1 Å². The first-order valence-electron chi connectivity index (χ1n) is 3.86. The van der Waals surface area contributed by atoms with Gasteiger partial charge in [0.05, 0.1) is 0 Å². The summed E-state index contributed by atoms with van der Waals surface area (Å²) in [6.45, 7) is 0. The van der Waals surface area contributed by atoms with Crippen LogP contribution in [0.3, 0.4) is 0 Å². The summed E-state index contributed by atoms with van der Waals surface area (Å²) in [6.07, 6.45) is 0. The maximum Gasteiger partial charge on any atom is 0.490 e. The van der Waals surface area contributed by atoms with E-state index in [4.69, 9.17) is 0 Å². The summed E-state index contributed by atoms with van der Waals surface area (Å²) in [7, 11) is -1.46. The van der Waals surface area contributed by atoms with E-state index in [-0.39, 0.29) is 0 Å². The summed E-state index contributed by atoms with van der Waals surface area (Å²) < 4.78 is 1.82. The van der Waals surface area contributed by atoms with Gasteiger partial charge in [-0.3, -0.25) is 0 Å². The number of thiophene rings is 1. The van der Waals surface area contributed by atoms with Crippen LogP contribution in [-0.4, -0.2) is 17.2 Å². The van der Waals surface area contributed by atoms with Gasteiger partial charge >= 0.3 is 7.12 Å². The van der Waals surface area contributed by atoms with Gasteiger partial charge in [-0.15, -0.1) is 24.0 Å². The Morgan fingerprint density at radius 1 is 1.43 bits per heavy atom. The lowest BCUT2D eigenvalue weighted by atomic mass is 9.80. The molecule has 1 aromatic heterocycles. The zero-order chi connectivity index (χ0) is 10.3. The summed E-state index contributed by atoms with van der Waals surface area (Å²) in [5.41, 5.74) is 0.490. The molecular formula is C8H6BIO2S2. The standard InChI is InChI=1S/C8H6BIO2S2/c10-5-3-4-1-2-14-8(4)7(13)6(5)9(11)12/h1-3,11-13H. The number of halogens is 1. The highest BCUT2D eigenvalue weighted by atomic mass is 127. The second-order valence-corrected chi connectivity index (χ2v) is 5.36. The smallest absolute Gasteiger partial charge is 0.423 e. The molecule has 2 aromatic rings. The average molecular weight is 336 g/mol. The molecule has 0 bridgehead atoms. The van der Waals surface area contributed by atoms with Crippen molar-refractivity contribution in [2.45, 2.75) is 4.90 Å². The van der Waals surface area contributed by atoms with Crippen molar-refractivity contribution in [1.29, 1.82) is 0 Å². The third-order valence-corrected chi connectivity index (χ3v) is 4.42. The normalized spacial score (nSPS) is 10.9. The monoisotopic (exact) mass is 336 g/mol. The lowest BCUT2D eigenvalue weighted by Gasteiger charge is -2.07. The highest BCUT2D eigenvalue weighted by Gasteiger charge is 2.20. The number of fused-ring (bicyclic) bond motifs is 1. The minimum absolute atomic E-state index is 0.490. The molecule has 0 amide bonds. The van der Waals surface area contributed by atoms with E-state index in [1.165, 1.54) is 0 Å². The van der Waals surface area contributed by atoms with Crippen LogP contribution in [0, 0.1) is 3.57 Å². The van der Waals surface area contributed by atoms with Gasteiger partial charge in [0, 0.05) is 18.6 Å². The van der Waals surface area contributed by atoms with E-state index in [9.17, 15) is 10.0 Å². The van der Waals surface area contributed by atoms with E-state index in [1.807, 2.05) is 17.5 Å². The highest BCUT2D eigenvalue weighted by Crippen LogP contribution is 2.28. The SMILES string of the molecule is OB(O)c1c(I)cc2ccsc2c1S. The molecule has 0 aliphatic rings. The Morgan fingerprint density at radius 2 is 2.14 bits per heavy atom. The third kappa shape index (κ3) is 1.69. The molecule has 0 saturated heterocycles. The lowest BCUT2D eigenvalue weighted by Crippen LogP contribution is -2.33. The fourth-order valence-electron chi connectivity index (χ4n) is 1.32. The molecule has 1 aromatic carbocycles. The fourth-order valence-corrected chi connectivity index (χ4v) is 3.78. The molecule has 0 atom stereocenters. The number of rotatable bonds is 1. The summed E-state index contributed by atoms with van der Waals surface area (Å²) in [6, 6.07) is 3.93. The highest BCUT2D eigenvalue weighted by molar-refractivity contribution is 14.1. The van der Waals surface area contributed by atoms with E-state index < -0.39 is 7.12 Å². The molecule has 1 heterocycles. The van der Waals surface area contributed by atoms with Crippen molar-refractivity contribution < 1.29 is 10.0 Å². The predicted molar refractivity (Wildman–Crippen MR) is 71.6 cm³/mol. The minimum atomic E-state index is -1.46. The number of hydrogen-bond donors (Lipinski definition) is 3. The number of benzene rings is 1. The van der Waals surface area contributed by atoms with Crippen LogP contribution in [-0.2, 0) is 0 Å². The van der Waals surface area contributed by atoms with E-state index in [1.54, 1.807) is 11.3 Å². The van der Waals surface area contributed by atoms with Gasteiger partial charge in [-0.25, -0.2) is 0 Å². The molecule has 0 spiro atoms. The minimum Gasteiger partial charge on any atom is -0.423 e. The van der Waals surface area contributed by atoms with Crippen molar-refractivity contribution in [1.82, 2.24) is 0 Å². The average Bonchev–Trinajstić information content (AvgIpc) is 2.50. The van der Waals surface area contributed by atoms with Gasteiger partial charge in [0.15, 0.2) is 0 Å². The molecular weight excluding hydrogens is 330 g/mol. The zero-order valence-corrected chi connectivity index (χ0v) is 10.8. The Morgan fingerprint density at radius 3 is 2.79 bits per heavy atom. The Balaban J connectivity index is 2.82. The van der Waals surface area contributed by atoms with Crippen molar-refractivity contribution >= 4 is 69.2 Å². The maximum atomic E-state index is 9.19. The molecule has 0 saturated carbocycles. The fraction of sp³-hybridized carbons (Fsp3) is 0. The summed E-state index contributed by atoms with van der Waals surface area (Å²) >= 11 is 7.96. The second kappa shape index (κ2) is 4.01. The molecule has 0 fully saturated rings. The van der Waals surface area contributed by atoms with Crippen LogP contribution >= 0.6 is 46.6 Å². The number of hydrogen-bond acceptors (Lipinski definition) is 4. The maximum absolute atomic E-state index is 9.19. The van der Waals surface area contributed by atoms with Gasteiger partial charge in [0.25, 0.3) is 0 Å². The van der Waals surface area contributed by atoms with Crippen LogP contribution in [0.4, 0.5) is 0 Å². The summed E-state index contributed by atoms with van der Waals surface area (Å²) in [5, 5.41) is 21.4. The van der Waals surface area contributed by atoms with E-state index in [2.05, 4.69) is 35.2 Å². The summed E-state index contributed by atoms with van der Waals surface area (Å²) in [4.78, 5) is 0.664. The molecule has 6 heteroatoms. The van der Waals surface area contributed by atoms with Crippen LogP contribution < -0.4 is 5.46 Å². The van der Waals surface area contributed by atoms with Gasteiger partial charge < -0.3 is 10.0 Å². The van der Waals surface area contributed by atoms with Crippen LogP contribution in [0.1, 0.15) is 0 Å². The zero-order valence-electron chi connectivity index (χ0n) is 6.94. The Bertz CT molecular complexity index is 483. The third-order valence-electron chi connectivity index (χ3n) is 1.96. The van der Waals surface area contributed by atoms with Gasteiger partial charge in [0.2, 0.25) is 0 Å². The van der Waals surface area contributed by atoms with Gasteiger partial charge in [-0.2, -0.15) is 0 Å². The molecule has 2 N–H and O–H groups in total. The lowest BCUT2D eigenvalue weighted by molar-refractivity contribution is 0.425. The van der Waals surface area contributed by atoms with Crippen molar-refractivity contribution in [3.05, 3.63) is 21.1 Å². The second-order valence-electron chi connectivity index (χ2n) is 2.83. The Hall–Kier alpha value is 0.245. The predicted octanol–water partition coefficient (Wildman–Crippen LogP) is 1.47. The van der Waals surface area contributed by atoms with E-state index >= 15 is 0 Å². The summed E-state index contributed by atoms with van der Waals surface area (Å²) in [5.74, 6) is 0. The number of thiol groups is 1. The molecule has 2 nitrogen and oxygen atoms in total. The molecule has 14 heavy (non-hydrogen) atoms. The van der Waals surface area contributed by atoms with E-state index in [0.717, 1.165) is 13.7 Å². The Labute approximate surface area is 105 Å². The molecule has 72 valence electrons. The largest absolute Gasteiger partial charge is 0.490 e. The van der Waals surface area contributed by atoms with Crippen molar-refractivity contribution in [3.63, 3.8) is 0 Å². The first-order chi connectivity index (χ1) is 6.61. The van der Waals surface area contributed by atoms with Gasteiger partial charge in [-0.05, 0) is 45.5 Å². The molecule has 0 aliphatic heterocycles. The van der Waals surface area contributed by atoms with Crippen molar-refractivity contribution in [2.24, 2.45) is 0 Å². The van der Waals surface area contributed by atoms with E-state index in [0.29, 0.717) is 10.4 Å². The molecule has 0 aliphatic carbocycles. The molecule has 2 rings (SSSR count). The first kappa shape index (κ1) is 10.8. The van der Waals surface area contributed by atoms with Crippen LogP contribution in [0.2, 0.25) is 0 Å². The van der Waals surface area contributed by atoms with Crippen LogP contribution in [0.15, 0.2) is 22.4 Å². The topological polar surface area (TPSA) is 40.5 Å². The van der Waals surface area contributed by atoms with Crippen molar-refractivity contribution in [2.75, 3.05) is 0 Å². The van der Waals surface area contributed by atoms with Crippen LogP contribution in [0.5, 0.6) is 0 Å². The molecule has 0 radical (unpaired) electrons. The Kier molecular flexibility index (Phi) is 3.08. The van der Waals surface area contributed by atoms with Gasteiger partial charge in [-0.1, -0.05) is 0 Å². The van der Waals surface area contributed by atoms with Crippen molar-refractivity contribution in [3.8, 4) is 0 Å². The van der Waals surface area contributed by atoms with Gasteiger partial charge in [0.1, 0.15) is 0 Å². The first-order valence-corrected chi connectivity index (χ1v) is 6.26. The molecule has 0 unspecified atom stereocenters.